The standard InChI is InChI=1S/C22H21ClN4O/c1-2-5-19(25)22-26-21(23)20(14-28)27(22)13-15-8-10-16(11-9-15)18-7-4-3-6-17(18)12-24/h3-4,6-11,14,19H,2,5,13,25H2,1H3. The van der Waals surface area contributed by atoms with Crippen LogP contribution in [0.3, 0.4) is 0 Å². The third-order valence-corrected chi connectivity index (χ3v) is 4.97. The van der Waals surface area contributed by atoms with E-state index in [2.05, 4.69) is 11.1 Å². The Morgan fingerprint density at radius 3 is 2.61 bits per heavy atom. The van der Waals surface area contributed by atoms with E-state index in [0.717, 1.165) is 35.8 Å². The number of rotatable bonds is 7. The lowest BCUT2D eigenvalue weighted by atomic mass is 9.99. The van der Waals surface area contributed by atoms with Crippen LogP contribution in [0.1, 0.15) is 53.2 Å². The summed E-state index contributed by atoms with van der Waals surface area (Å²) >= 11 is 6.15. The molecule has 3 aromatic rings. The molecule has 0 amide bonds. The summed E-state index contributed by atoms with van der Waals surface area (Å²) < 4.78 is 1.79. The molecule has 1 heterocycles. The molecule has 2 aromatic carbocycles. The fraction of sp³-hybridized carbons (Fsp3) is 0.227. The second kappa shape index (κ2) is 8.83. The summed E-state index contributed by atoms with van der Waals surface area (Å²) in [7, 11) is 0. The van der Waals surface area contributed by atoms with Crippen molar-refractivity contribution in [3.63, 3.8) is 0 Å². The lowest BCUT2D eigenvalue weighted by molar-refractivity contribution is 0.111. The molecule has 142 valence electrons. The van der Waals surface area contributed by atoms with Crippen LogP contribution in [0, 0.1) is 11.3 Å². The first-order valence-electron chi connectivity index (χ1n) is 9.14. The summed E-state index contributed by atoms with van der Waals surface area (Å²) in [5.74, 6) is 0.618. The van der Waals surface area contributed by atoms with Crippen molar-refractivity contribution in [2.24, 2.45) is 5.73 Å². The second-order valence-corrected chi connectivity index (χ2v) is 6.96. The van der Waals surface area contributed by atoms with Gasteiger partial charge in [-0.15, -0.1) is 0 Å². The largest absolute Gasteiger partial charge is 0.321 e. The first-order chi connectivity index (χ1) is 13.6. The van der Waals surface area contributed by atoms with Crippen LogP contribution in [0.2, 0.25) is 5.15 Å². The molecule has 1 atom stereocenters. The van der Waals surface area contributed by atoms with Crippen LogP contribution in [0.25, 0.3) is 11.1 Å². The number of carbonyl (C=O) groups excluding carboxylic acids is 1. The summed E-state index contributed by atoms with van der Waals surface area (Å²) in [5, 5.41) is 9.47. The van der Waals surface area contributed by atoms with Gasteiger partial charge in [0.25, 0.3) is 0 Å². The number of hydrogen-bond acceptors (Lipinski definition) is 4. The molecule has 0 spiro atoms. The van der Waals surface area contributed by atoms with E-state index in [1.165, 1.54) is 0 Å². The van der Waals surface area contributed by atoms with Crippen molar-refractivity contribution in [2.45, 2.75) is 32.4 Å². The van der Waals surface area contributed by atoms with E-state index in [4.69, 9.17) is 17.3 Å². The van der Waals surface area contributed by atoms with Crippen molar-refractivity contribution in [2.75, 3.05) is 0 Å². The van der Waals surface area contributed by atoms with Crippen LogP contribution in [-0.2, 0) is 6.54 Å². The van der Waals surface area contributed by atoms with Crippen molar-refractivity contribution in [3.8, 4) is 17.2 Å². The van der Waals surface area contributed by atoms with Gasteiger partial charge in [-0.25, -0.2) is 4.98 Å². The SMILES string of the molecule is CCCC(N)c1nc(Cl)c(C=O)n1Cc1ccc(-c2ccccc2C#N)cc1. The summed E-state index contributed by atoms with van der Waals surface area (Å²) in [4.78, 5) is 15.8. The zero-order chi connectivity index (χ0) is 20.1. The Balaban J connectivity index is 1.93. The number of nitriles is 1. The van der Waals surface area contributed by atoms with Crippen molar-refractivity contribution in [1.29, 1.82) is 5.26 Å². The minimum Gasteiger partial charge on any atom is -0.321 e. The van der Waals surface area contributed by atoms with Crippen LogP contribution < -0.4 is 5.73 Å². The lowest BCUT2D eigenvalue weighted by Gasteiger charge is -2.15. The van der Waals surface area contributed by atoms with Crippen molar-refractivity contribution >= 4 is 17.9 Å². The molecule has 1 unspecified atom stereocenters. The highest BCUT2D eigenvalue weighted by molar-refractivity contribution is 6.31. The van der Waals surface area contributed by atoms with Gasteiger partial charge in [-0.2, -0.15) is 5.26 Å². The molecule has 0 bridgehead atoms. The number of hydrogen-bond donors (Lipinski definition) is 1. The quantitative estimate of drug-likeness (QED) is 0.588. The molecular formula is C22H21ClN4O. The van der Waals surface area contributed by atoms with Crippen LogP contribution in [-0.4, -0.2) is 15.8 Å². The fourth-order valence-corrected chi connectivity index (χ4v) is 3.49. The van der Waals surface area contributed by atoms with Gasteiger partial charge in [0.1, 0.15) is 11.5 Å². The van der Waals surface area contributed by atoms with E-state index in [9.17, 15) is 10.1 Å². The Kier molecular flexibility index (Phi) is 6.25. The molecule has 0 saturated carbocycles. The maximum atomic E-state index is 11.5. The highest BCUT2D eigenvalue weighted by Crippen LogP contribution is 2.26. The van der Waals surface area contributed by atoms with Crippen LogP contribution in [0.15, 0.2) is 48.5 Å². The van der Waals surface area contributed by atoms with Gasteiger partial charge in [-0.1, -0.05) is 67.4 Å². The molecule has 0 aliphatic rings. The first-order valence-corrected chi connectivity index (χ1v) is 9.52. The van der Waals surface area contributed by atoms with Crippen molar-refractivity contribution in [3.05, 3.63) is 76.3 Å². The second-order valence-electron chi connectivity index (χ2n) is 6.60. The number of halogens is 1. The van der Waals surface area contributed by atoms with Crippen LogP contribution >= 0.6 is 11.6 Å². The van der Waals surface area contributed by atoms with E-state index in [-0.39, 0.29) is 11.2 Å². The monoisotopic (exact) mass is 392 g/mol. The number of aromatic nitrogens is 2. The summed E-state index contributed by atoms with van der Waals surface area (Å²) in [6.07, 6.45) is 2.39. The Morgan fingerprint density at radius 1 is 1.25 bits per heavy atom. The van der Waals surface area contributed by atoms with Crippen LogP contribution in [0.5, 0.6) is 0 Å². The molecule has 0 radical (unpaired) electrons. The number of nitrogens with two attached hydrogens (primary N) is 1. The molecule has 1 aromatic heterocycles. The molecule has 0 aliphatic heterocycles. The topological polar surface area (TPSA) is 84.7 Å². The predicted octanol–water partition coefficient (Wildman–Crippen LogP) is 4.74. The number of imidazole rings is 1. The van der Waals surface area contributed by atoms with Gasteiger partial charge < -0.3 is 10.3 Å². The summed E-state index contributed by atoms with van der Waals surface area (Å²) in [6, 6.07) is 17.3. The van der Waals surface area contributed by atoms with Gasteiger partial charge in [-0.05, 0) is 29.2 Å². The van der Waals surface area contributed by atoms with Crippen molar-refractivity contribution < 1.29 is 4.79 Å². The van der Waals surface area contributed by atoms with E-state index in [1.807, 2.05) is 49.4 Å². The average Bonchev–Trinajstić information content (AvgIpc) is 3.04. The van der Waals surface area contributed by atoms with Gasteiger partial charge in [0, 0.05) is 6.54 Å². The molecule has 5 nitrogen and oxygen atoms in total. The highest BCUT2D eigenvalue weighted by atomic mass is 35.5. The Labute approximate surface area is 169 Å². The number of carbonyl (C=O) groups is 1. The zero-order valence-electron chi connectivity index (χ0n) is 15.6. The van der Waals surface area contributed by atoms with E-state index < -0.39 is 0 Å². The minimum absolute atomic E-state index is 0.177. The van der Waals surface area contributed by atoms with Crippen molar-refractivity contribution in [1.82, 2.24) is 9.55 Å². The number of aldehydes is 1. The molecule has 0 saturated heterocycles. The lowest BCUT2D eigenvalue weighted by Crippen LogP contribution is -2.18. The third-order valence-electron chi connectivity index (χ3n) is 4.69. The summed E-state index contributed by atoms with van der Waals surface area (Å²) in [6.45, 7) is 2.49. The molecular weight excluding hydrogens is 372 g/mol. The van der Waals surface area contributed by atoms with Gasteiger partial charge >= 0.3 is 0 Å². The van der Waals surface area contributed by atoms with Crippen LogP contribution in [0.4, 0.5) is 0 Å². The number of benzene rings is 2. The Hall–Kier alpha value is -2.94. The molecule has 2 N–H and O–H groups in total. The minimum atomic E-state index is -0.280. The number of nitrogens with zero attached hydrogens (tertiary/aromatic N) is 3. The molecule has 3 rings (SSSR count). The molecule has 28 heavy (non-hydrogen) atoms. The predicted molar refractivity (Wildman–Crippen MR) is 110 cm³/mol. The fourth-order valence-electron chi connectivity index (χ4n) is 3.26. The van der Waals surface area contributed by atoms with E-state index >= 15 is 0 Å². The summed E-state index contributed by atoms with van der Waals surface area (Å²) in [5.41, 5.74) is 10.0. The smallest absolute Gasteiger partial charge is 0.169 e. The molecule has 6 heteroatoms. The van der Waals surface area contributed by atoms with Gasteiger partial charge in [0.2, 0.25) is 0 Å². The Morgan fingerprint density at radius 2 is 1.96 bits per heavy atom. The zero-order valence-corrected chi connectivity index (χ0v) is 16.4. The molecule has 0 fully saturated rings. The normalized spacial score (nSPS) is 11.8. The third kappa shape index (κ3) is 3.99. The van der Waals surface area contributed by atoms with Gasteiger partial charge in [-0.3, -0.25) is 4.79 Å². The highest BCUT2D eigenvalue weighted by Gasteiger charge is 2.20. The Bertz CT molecular complexity index is 1020. The first kappa shape index (κ1) is 19.8. The average molecular weight is 393 g/mol. The maximum absolute atomic E-state index is 11.5. The van der Waals surface area contributed by atoms with E-state index in [0.29, 0.717) is 23.6 Å². The molecule has 0 aliphatic carbocycles. The maximum Gasteiger partial charge on any atom is 0.169 e. The van der Waals surface area contributed by atoms with Gasteiger partial charge in [0.05, 0.1) is 17.7 Å². The van der Waals surface area contributed by atoms with Gasteiger partial charge in [0.15, 0.2) is 11.4 Å². The van der Waals surface area contributed by atoms with E-state index in [1.54, 1.807) is 10.6 Å².